The predicted molar refractivity (Wildman–Crippen MR) is 134 cm³/mol. The highest BCUT2D eigenvalue weighted by atomic mass is 79.9. The van der Waals surface area contributed by atoms with Crippen LogP contribution in [0.1, 0.15) is 33.3 Å². The molecule has 1 aromatic carbocycles. The van der Waals surface area contributed by atoms with Gasteiger partial charge in [0.15, 0.2) is 5.65 Å². The molecule has 0 radical (unpaired) electrons. The van der Waals surface area contributed by atoms with Crippen molar-refractivity contribution in [3.8, 4) is 0 Å². The van der Waals surface area contributed by atoms with Gasteiger partial charge >= 0.3 is 6.09 Å². The number of aromatic nitrogens is 3. The molecule has 2 aromatic heterocycles. The van der Waals surface area contributed by atoms with Crippen LogP contribution in [0.5, 0.6) is 0 Å². The van der Waals surface area contributed by atoms with E-state index in [1.165, 1.54) is 16.5 Å². The zero-order chi connectivity index (χ0) is 24.8. The lowest BCUT2D eigenvalue weighted by atomic mass is 10.2. The fourth-order valence-electron chi connectivity index (χ4n) is 3.97. The molecule has 11 heteroatoms. The van der Waals surface area contributed by atoms with E-state index < -0.39 is 15.6 Å². The third kappa shape index (κ3) is 4.63. The molecule has 182 valence electrons. The molecule has 1 aliphatic rings. The van der Waals surface area contributed by atoms with Crippen molar-refractivity contribution < 1.29 is 17.9 Å². The summed E-state index contributed by atoms with van der Waals surface area (Å²) in [5.41, 5.74) is 0.699. The number of rotatable bonds is 3. The van der Waals surface area contributed by atoms with Gasteiger partial charge in [-0.05, 0) is 62.7 Å². The van der Waals surface area contributed by atoms with E-state index in [0.29, 0.717) is 41.0 Å². The molecule has 3 heterocycles. The van der Waals surface area contributed by atoms with E-state index >= 15 is 0 Å². The number of anilines is 1. The number of nitrogens with zero attached hydrogens (tertiary/aromatic N) is 5. The number of carbonyl (C=O) groups is 1. The molecule has 0 bridgehead atoms. The second-order valence-electron chi connectivity index (χ2n) is 9.46. The van der Waals surface area contributed by atoms with Crippen LogP contribution >= 0.6 is 15.9 Å². The Kier molecular flexibility index (Phi) is 6.36. The fraction of sp³-hybridized carbons (Fsp3) is 0.435. The van der Waals surface area contributed by atoms with Crippen LogP contribution in [0.3, 0.4) is 0 Å². The predicted octanol–water partition coefficient (Wildman–Crippen LogP) is 4.18. The van der Waals surface area contributed by atoms with Gasteiger partial charge in [0.1, 0.15) is 17.7 Å². The summed E-state index contributed by atoms with van der Waals surface area (Å²) in [5, 5.41) is 0.608. The van der Waals surface area contributed by atoms with E-state index in [9.17, 15) is 13.2 Å². The van der Waals surface area contributed by atoms with Crippen molar-refractivity contribution in [3.63, 3.8) is 0 Å². The van der Waals surface area contributed by atoms with Crippen molar-refractivity contribution >= 4 is 48.9 Å². The van der Waals surface area contributed by atoms with Crippen LogP contribution in [-0.2, 0) is 14.8 Å². The smallest absolute Gasteiger partial charge is 0.410 e. The standard InChI is InChI=1S/C23H28BrN5O4S/c1-15-6-8-17(9-7-15)34(31,32)29-13-18(24)19-20(25-14-26-21(19)29)27-10-11-28(16(2)12-27)22(30)33-23(3,4)5/h6-9,13-14,16H,10-12H2,1-5H3/t16-/m1/s1. The summed E-state index contributed by atoms with van der Waals surface area (Å²) in [6.45, 7) is 10.9. The minimum Gasteiger partial charge on any atom is -0.444 e. The molecule has 0 saturated carbocycles. The minimum atomic E-state index is -3.85. The van der Waals surface area contributed by atoms with Crippen LogP contribution in [0.15, 0.2) is 46.2 Å². The van der Waals surface area contributed by atoms with Gasteiger partial charge in [-0.2, -0.15) is 0 Å². The summed E-state index contributed by atoms with van der Waals surface area (Å²) in [5.74, 6) is 0.616. The van der Waals surface area contributed by atoms with Gasteiger partial charge in [0.2, 0.25) is 0 Å². The Morgan fingerprint density at radius 3 is 2.44 bits per heavy atom. The van der Waals surface area contributed by atoms with Crippen molar-refractivity contribution in [2.75, 3.05) is 24.5 Å². The van der Waals surface area contributed by atoms with E-state index in [1.54, 1.807) is 29.2 Å². The molecule has 9 nitrogen and oxygen atoms in total. The summed E-state index contributed by atoms with van der Waals surface area (Å²) in [6, 6.07) is 6.58. The molecule has 1 fully saturated rings. The van der Waals surface area contributed by atoms with Crippen LogP contribution in [0.4, 0.5) is 10.6 Å². The molecular formula is C23H28BrN5O4S. The quantitative estimate of drug-likeness (QED) is 0.483. The minimum absolute atomic E-state index is 0.120. The van der Waals surface area contributed by atoms with Crippen molar-refractivity contribution in [2.24, 2.45) is 0 Å². The Morgan fingerprint density at radius 2 is 1.82 bits per heavy atom. The fourth-order valence-corrected chi connectivity index (χ4v) is 5.98. The van der Waals surface area contributed by atoms with Crippen molar-refractivity contribution in [1.82, 2.24) is 18.8 Å². The average molecular weight is 550 g/mol. The Bertz CT molecular complexity index is 1330. The summed E-state index contributed by atoms with van der Waals surface area (Å²) < 4.78 is 34.0. The molecule has 0 unspecified atom stereocenters. The molecular weight excluding hydrogens is 522 g/mol. The number of benzene rings is 1. The van der Waals surface area contributed by atoms with Gasteiger partial charge in [0.25, 0.3) is 10.0 Å². The van der Waals surface area contributed by atoms with E-state index in [-0.39, 0.29) is 17.0 Å². The highest BCUT2D eigenvalue weighted by Gasteiger charge is 2.33. The Morgan fingerprint density at radius 1 is 1.15 bits per heavy atom. The Balaban J connectivity index is 1.67. The second kappa shape index (κ2) is 8.84. The molecule has 0 N–H and O–H groups in total. The number of hydrogen-bond donors (Lipinski definition) is 0. The lowest BCUT2D eigenvalue weighted by Crippen LogP contribution is -2.55. The molecule has 1 aliphatic heterocycles. The van der Waals surface area contributed by atoms with Gasteiger partial charge in [-0.15, -0.1) is 0 Å². The largest absolute Gasteiger partial charge is 0.444 e. The first-order chi connectivity index (χ1) is 15.9. The van der Waals surface area contributed by atoms with Gasteiger partial charge in [-0.25, -0.2) is 27.2 Å². The van der Waals surface area contributed by atoms with Gasteiger partial charge in [-0.3, -0.25) is 0 Å². The number of aryl methyl sites for hydroxylation is 1. The monoisotopic (exact) mass is 549 g/mol. The van der Waals surface area contributed by atoms with Gasteiger partial charge in [0, 0.05) is 36.3 Å². The molecule has 4 rings (SSSR count). The van der Waals surface area contributed by atoms with Crippen LogP contribution in [-0.4, -0.2) is 64.6 Å². The van der Waals surface area contributed by atoms with E-state index in [1.807, 2.05) is 39.5 Å². The van der Waals surface area contributed by atoms with Crippen LogP contribution in [0.2, 0.25) is 0 Å². The average Bonchev–Trinajstić information content (AvgIpc) is 3.10. The maximum absolute atomic E-state index is 13.4. The molecule has 0 spiro atoms. The number of piperazine rings is 1. The van der Waals surface area contributed by atoms with E-state index in [0.717, 1.165) is 5.56 Å². The molecule has 1 amide bonds. The van der Waals surface area contributed by atoms with Crippen LogP contribution in [0, 0.1) is 6.92 Å². The summed E-state index contributed by atoms with van der Waals surface area (Å²) in [4.78, 5) is 25.3. The first-order valence-corrected chi connectivity index (χ1v) is 13.2. The molecule has 0 aliphatic carbocycles. The third-order valence-electron chi connectivity index (χ3n) is 5.62. The van der Waals surface area contributed by atoms with E-state index in [2.05, 4.69) is 25.9 Å². The second-order valence-corrected chi connectivity index (χ2v) is 12.1. The van der Waals surface area contributed by atoms with Gasteiger partial charge in [0.05, 0.1) is 10.3 Å². The topological polar surface area (TPSA) is 97.6 Å². The lowest BCUT2D eigenvalue weighted by molar-refractivity contribution is 0.0158. The van der Waals surface area contributed by atoms with Gasteiger partial charge in [-0.1, -0.05) is 17.7 Å². The van der Waals surface area contributed by atoms with Crippen molar-refractivity contribution in [2.45, 2.75) is 51.2 Å². The number of amides is 1. The first kappa shape index (κ1) is 24.5. The number of hydrogen-bond acceptors (Lipinski definition) is 7. The Labute approximate surface area is 207 Å². The number of ether oxygens (including phenoxy) is 1. The molecule has 1 atom stereocenters. The summed E-state index contributed by atoms with van der Waals surface area (Å²) in [6.07, 6.45) is 2.54. The SMILES string of the molecule is Cc1ccc(S(=O)(=O)n2cc(Br)c3c(N4CCN(C(=O)OC(C)(C)C)[C@H](C)C4)ncnc32)cc1. The van der Waals surface area contributed by atoms with Crippen LogP contribution < -0.4 is 4.90 Å². The number of halogens is 1. The van der Waals surface area contributed by atoms with Gasteiger partial charge < -0.3 is 14.5 Å². The number of carbonyl (C=O) groups excluding carboxylic acids is 1. The molecule has 3 aromatic rings. The number of fused-ring (bicyclic) bond motifs is 1. The summed E-state index contributed by atoms with van der Waals surface area (Å²) >= 11 is 3.52. The normalized spacial score (nSPS) is 17.3. The molecule has 34 heavy (non-hydrogen) atoms. The maximum Gasteiger partial charge on any atom is 0.410 e. The maximum atomic E-state index is 13.4. The zero-order valence-electron chi connectivity index (χ0n) is 19.8. The van der Waals surface area contributed by atoms with E-state index in [4.69, 9.17) is 4.74 Å². The highest BCUT2D eigenvalue weighted by molar-refractivity contribution is 9.10. The van der Waals surface area contributed by atoms with Crippen molar-refractivity contribution in [1.29, 1.82) is 0 Å². The van der Waals surface area contributed by atoms with Crippen LogP contribution in [0.25, 0.3) is 11.0 Å². The third-order valence-corrected chi connectivity index (χ3v) is 7.88. The molecule has 1 saturated heterocycles. The summed E-state index contributed by atoms with van der Waals surface area (Å²) in [7, 11) is -3.85. The van der Waals surface area contributed by atoms with Crippen molar-refractivity contribution in [3.05, 3.63) is 46.8 Å². The first-order valence-electron chi connectivity index (χ1n) is 11.0. The lowest BCUT2D eigenvalue weighted by Gasteiger charge is -2.40. The zero-order valence-corrected chi connectivity index (χ0v) is 22.2. The highest BCUT2D eigenvalue weighted by Crippen LogP contribution is 2.35. The Hall–Kier alpha value is -2.66.